The van der Waals surface area contributed by atoms with Crippen molar-refractivity contribution >= 4 is 0 Å². The van der Waals surface area contributed by atoms with Crippen LogP contribution in [0.2, 0.25) is 0 Å². The molecule has 0 aromatic rings. The maximum atomic E-state index is 5.92. The summed E-state index contributed by atoms with van der Waals surface area (Å²) in [5, 5.41) is 2.06. The fourth-order valence-electron chi connectivity index (χ4n) is 3.28. The molecule has 0 aromatic heterocycles. The Morgan fingerprint density at radius 3 is 2.43 bits per heavy atom. The van der Waals surface area contributed by atoms with Crippen molar-refractivity contribution in [2.24, 2.45) is 23.6 Å². The molecule has 0 spiro atoms. The molecule has 0 bridgehead atoms. The number of hydrogen-bond donors (Lipinski definition) is 1. The van der Waals surface area contributed by atoms with Crippen LogP contribution in [0.5, 0.6) is 0 Å². The van der Waals surface area contributed by atoms with E-state index >= 15 is 0 Å². The normalized spacial score (nSPS) is 40.1. The van der Waals surface area contributed by atoms with E-state index in [0.717, 1.165) is 24.3 Å². The Bertz CT molecular complexity index is 187. The lowest BCUT2D eigenvalue weighted by Gasteiger charge is -2.49. The van der Waals surface area contributed by atoms with Crippen molar-refractivity contribution in [1.82, 2.24) is 5.01 Å². The van der Waals surface area contributed by atoms with Crippen LogP contribution >= 0.6 is 0 Å². The van der Waals surface area contributed by atoms with Gasteiger partial charge in [-0.3, -0.25) is 5.84 Å². The molecule has 2 atom stereocenters. The summed E-state index contributed by atoms with van der Waals surface area (Å²) >= 11 is 0. The maximum absolute atomic E-state index is 5.92. The third-order valence-electron chi connectivity index (χ3n) is 4.53. The van der Waals surface area contributed by atoms with E-state index in [1.165, 1.54) is 32.1 Å². The van der Waals surface area contributed by atoms with Gasteiger partial charge in [-0.2, -0.15) is 0 Å². The SMILES string of the molecule is CCC1CC(C(CC)C2CCN2N)C1. The zero-order chi connectivity index (χ0) is 10.1. The smallest absolute Gasteiger partial charge is 0.0284 e. The van der Waals surface area contributed by atoms with Gasteiger partial charge in [0.15, 0.2) is 0 Å². The second-order valence-electron chi connectivity index (χ2n) is 5.17. The standard InChI is InChI=1S/C12H24N2/c1-3-9-7-10(8-9)11(4-2)12-5-6-14(12)13/h9-12H,3-8,13H2,1-2H3. The van der Waals surface area contributed by atoms with Gasteiger partial charge in [-0.05, 0) is 37.0 Å². The molecule has 2 unspecified atom stereocenters. The summed E-state index contributed by atoms with van der Waals surface area (Å²) in [6.45, 7) is 5.77. The number of rotatable bonds is 4. The Labute approximate surface area is 87.8 Å². The van der Waals surface area contributed by atoms with E-state index in [2.05, 4.69) is 18.9 Å². The first kappa shape index (κ1) is 10.4. The largest absolute Gasteiger partial charge is 0.269 e. The van der Waals surface area contributed by atoms with Gasteiger partial charge in [0.2, 0.25) is 0 Å². The molecule has 2 N–H and O–H groups in total. The third kappa shape index (κ3) is 1.70. The Morgan fingerprint density at radius 1 is 1.36 bits per heavy atom. The second-order valence-corrected chi connectivity index (χ2v) is 5.17. The first-order valence-corrected chi connectivity index (χ1v) is 6.27. The highest BCUT2D eigenvalue weighted by Crippen LogP contribution is 2.45. The van der Waals surface area contributed by atoms with E-state index in [-0.39, 0.29) is 0 Å². The van der Waals surface area contributed by atoms with Crippen LogP contribution in [0.4, 0.5) is 0 Å². The summed E-state index contributed by atoms with van der Waals surface area (Å²) in [4.78, 5) is 0. The van der Waals surface area contributed by atoms with Crippen molar-refractivity contribution in [3.05, 3.63) is 0 Å². The van der Waals surface area contributed by atoms with Gasteiger partial charge >= 0.3 is 0 Å². The highest BCUT2D eigenvalue weighted by Gasteiger charge is 2.41. The zero-order valence-corrected chi connectivity index (χ0v) is 9.58. The second kappa shape index (κ2) is 4.19. The molecule has 0 radical (unpaired) electrons. The molecular weight excluding hydrogens is 172 g/mol. The molecular formula is C12H24N2. The molecule has 1 aliphatic heterocycles. The van der Waals surface area contributed by atoms with Gasteiger partial charge in [0.05, 0.1) is 0 Å². The molecule has 1 saturated heterocycles. The Hall–Kier alpha value is -0.0800. The van der Waals surface area contributed by atoms with Crippen LogP contribution in [0, 0.1) is 17.8 Å². The minimum absolute atomic E-state index is 0.711. The molecule has 1 saturated carbocycles. The number of nitrogens with two attached hydrogens (primary N) is 1. The van der Waals surface area contributed by atoms with Crippen LogP contribution in [0.25, 0.3) is 0 Å². The van der Waals surface area contributed by atoms with Gasteiger partial charge < -0.3 is 0 Å². The summed E-state index contributed by atoms with van der Waals surface area (Å²) in [6, 6.07) is 0.711. The van der Waals surface area contributed by atoms with Crippen molar-refractivity contribution in [3.63, 3.8) is 0 Å². The fourth-order valence-corrected chi connectivity index (χ4v) is 3.28. The highest BCUT2D eigenvalue weighted by molar-refractivity contribution is 4.93. The Morgan fingerprint density at radius 2 is 2.07 bits per heavy atom. The lowest BCUT2D eigenvalue weighted by atomic mass is 9.63. The molecule has 0 aromatic carbocycles. The lowest BCUT2D eigenvalue weighted by molar-refractivity contribution is -0.0157. The number of hydrogen-bond acceptors (Lipinski definition) is 2. The minimum atomic E-state index is 0.711. The number of nitrogens with zero attached hydrogens (tertiary/aromatic N) is 1. The Kier molecular flexibility index (Phi) is 3.13. The topological polar surface area (TPSA) is 29.3 Å². The molecule has 2 fully saturated rings. The summed E-state index contributed by atoms with van der Waals surface area (Å²) < 4.78 is 0. The van der Waals surface area contributed by atoms with E-state index in [1.807, 2.05) is 0 Å². The van der Waals surface area contributed by atoms with Gasteiger partial charge in [-0.25, -0.2) is 5.01 Å². The molecule has 14 heavy (non-hydrogen) atoms. The van der Waals surface area contributed by atoms with Crippen molar-refractivity contribution in [2.75, 3.05) is 6.54 Å². The average molecular weight is 196 g/mol. The van der Waals surface area contributed by atoms with E-state index in [4.69, 9.17) is 5.84 Å². The summed E-state index contributed by atoms with van der Waals surface area (Å²) in [7, 11) is 0. The minimum Gasteiger partial charge on any atom is -0.269 e. The number of hydrazine groups is 1. The van der Waals surface area contributed by atoms with Crippen LogP contribution in [0.1, 0.15) is 46.0 Å². The summed E-state index contributed by atoms with van der Waals surface area (Å²) in [6.07, 6.45) is 6.98. The maximum Gasteiger partial charge on any atom is 0.0284 e. The first-order chi connectivity index (χ1) is 6.76. The first-order valence-electron chi connectivity index (χ1n) is 6.27. The van der Waals surface area contributed by atoms with Crippen LogP contribution in [0.15, 0.2) is 0 Å². The molecule has 2 nitrogen and oxygen atoms in total. The van der Waals surface area contributed by atoms with Crippen molar-refractivity contribution < 1.29 is 0 Å². The van der Waals surface area contributed by atoms with E-state index in [1.54, 1.807) is 0 Å². The van der Waals surface area contributed by atoms with Gasteiger partial charge in [0.1, 0.15) is 0 Å². The van der Waals surface area contributed by atoms with Gasteiger partial charge in [-0.15, -0.1) is 0 Å². The van der Waals surface area contributed by atoms with Gasteiger partial charge in [0, 0.05) is 12.6 Å². The molecule has 2 rings (SSSR count). The van der Waals surface area contributed by atoms with Crippen molar-refractivity contribution in [2.45, 2.75) is 52.0 Å². The van der Waals surface area contributed by atoms with Crippen LogP contribution in [-0.2, 0) is 0 Å². The van der Waals surface area contributed by atoms with Gasteiger partial charge in [0.25, 0.3) is 0 Å². The lowest BCUT2D eigenvalue weighted by Crippen LogP contribution is -2.57. The van der Waals surface area contributed by atoms with Crippen molar-refractivity contribution in [3.8, 4) is 0 Å². The third-order valence-corrected chi connectivity index (χ3v) is 4.53. The van der Waals surface area contributed by atoms with Crippen LogP contribution in [-0.4, -0.2) is 17.6 Å². The summed E-state index contributed by atoms with van der Waals surface area (Å²) in [5.41, 5.74) is 0. The molecule has 82 valence electrons. The van der Waals surface area contributed by atoms with E-state index < -0.39 is 0 Å². The quantitative estimate of drug-likeness (QED) is 0.700. The van der Waals surface area contributed by atoms with E-state index in [0.29, 0.717) is 6.04 Å². The molecule has 1 aliphatic carbocycles. The van der Waals surface area contributed by atoms with Gasteiger partial charge in [-0.1, -0.05) is 26.7 Å². The molecule has 2 aliphatic rings. The summed E-state index contributed by atoms with van der Waals surface area (Å²) in [5.74, 6) is 8.82. The molecule has 1 heterocycles. The van der Waals surface area contributed by atoms with Crippen molar-refractivity contribution in [1.29, 1.82) is 0 Å². The van der Waals surface area contributed by atoms with Crippen LogP contribution < -0.4 is 5.84 Å². The zero-order valence-electron chi connectivity index (χ0n) is 9.58. The highest BCUT2D eigenvalue weighted by atomic mass is 15.5. The predicted octanol–water partition coefficient (Wildman–Crippen LogP) is 2.40. The Balaban J connectivity index is 1.82. The predicted molar refractivity (Wildman–Crippen MR) is 59.6 cm³/mol. The fraction of sp³-hybridized carbons (Fsp3) is 1.00. The monoisotopic (exact) mass is 196 g/mol. The van der Waals surface area contributed by atoms with E-state index in [9.17, 15) is 0 Å². The molecule has 2 heteroatoms. The average Bonchev–Trinajstić information content (AvgIpc) is 2.12. The van der Waals surface area contributed by atoms with Crippen LogP contribution in [0.3, 0.4) is 0 Å². The molecule has 0 amide bonds.